The number of imidazole rings is 1. The van der Waals surface area contributed by atoms with Crippen LogP contribution in [0.5, 0.6) is 0 Å². The van der Waals surface area contributed by atoms with Gasteiger partial charge in [0.15, 0.2) is 0 Å². The second-order valence-corrected chi connectivity index (χ2v) is 7.61. The van der Waals surface area contributed by atoms with Crippen LogP contribution >= 0.6 is 38.9 Å². The molecule has 6 heteroatoms. The summed E-state index contributed by atoms with van der Waals surface area (Å²) < 4.78 is 3.23. The summed E-state index contributed by atoms with van der Waals surface area (Å²) in [6, 6.07) is 6.15. The molecule has 0 spiro atoms. The van der Waals surface area contributed by atoms with Crippen molar-refractivity contribution in [3.8, 4) is 0 Å². The van der Waals surface area contributed by atoms with Gasteiger partial charge < -0.3 is 4.57 Å². The molecule has 3 rings (SSSR count). The Bertz CT molecular complexity index is 778. The van der Waals surface area contributed by atoms with E-state index in [1.54, 1.807) is 11.3 Å². The molecule has 1 unspecified atom stereocenters. The number of alkyl halides is 1. The molecular formula is C15H15BrClN3S. The van der Waals surface area contributed by atoms with E-state index in [9.17, 15) is 0 Å². The van der Waals surface area contributed by atoms with Gasteiger partial charge in [-0.3, -0.25) is 0 Å². The molecule has 0 saturated heterocycles. The lowest BCUT2D eigenvalue weighted by atomic mass is 10.3. The van der Waals surface area contributed by atoms with Crippen LogP contribution in [0.15, 0.2) is 28.1 Å². The predicted molar refractivity (Wildman–Crippen MR) is 92.3 cm³/mol. The van der Waals surface area contributed by atoms with Gasteiger partial charge in [0, 0.05) is 22.8 Å². The maximum absolute atomic E-state index is 6.30. The summed E-state index contributed by atoms with van der Waals surface area (Å²) in [4.78, 5) is 9.20. The fourth-order valence-electron chi connectivity index (χ4n) is 2.41. The van der Waals surface area contributed by atoms with Crippen molar-refractivity contribution in [2.45, 2.75) is 32.2 Å². The zero-order chi connectivity index (χ0) is 15.0. The molecule has 1 atom stereocenters. The van der Waals surface area contributed by atoms with Crippen LogP contribution in [-0.4, -0.2) is 14.5 Å². The Morgan fingerprint density at radius 2 is 2.19 bits per heavy atom. The first kappa shape index (κ1) is 15.0. The van der Waals surface area contributed by atoms with Crippen molar-refractivity contribution in [2.75, 3.05) is 0 Å². The fourth-order valence-corrected chi connectivity index (χ4v) is 3.57. The molecule has 0 saturated carbocycles. The van der Waals surface area contributed by atoms with Gasteiger partial charge in [-0.25, -0.2) is 9.97 Å². The van der Waals surface area contributed by atoms with Crippen LogP contribution in [0.25, 0.3) is 11.0 Å². The van der Waals surface area contributed by atoms with E-state index in [1.807, 2.05) is 26.0 Å². The third kappa shape index (κ3) is 3.15. The first-order valence-electron chi connectivity index (χ1n) is 6.75. The van der Waals surface area contributed by atoms with Crippen molar-refractivity contribution >= 4 is 49.9 Å². The summed E-state index contributed by atoms with van der Waals surface area (Å²) in [6.07, 6.45) is 0.891. The van der Waals surface area contributed by atoms with Gasteiger partial charge in [-0.1, -0.05) is 15.9 Å². The topological polar surface area (TPSA) is 30.7 Å². The molecule has 0 aliphatic heterocycles. The number of nitrogens with zero attached hydrogens (tertiary/aromatic N) is 3. The lowest BCUT2D eigenvalue weighted by Gasteiger charge is -2.09. The molecular weight excluding hydrogens is 370 g/mol. The van der Waals surface area contributed by atoms with Crippen molar-refractivity contribution in [1.29, 1.82) is 0 Å². The highest BCUT2D eigenvalue weighted by Gasteiger charge is 2.15. The molecule has 0 fully saturated rings. The smallest absolute Gasteiger partial charge is 0.127 e. The van der Waals surface area contributed by atoms with E-state index in [1.165, 1.54) is 0 Å². The van der Waals surface area contributed by atoms with Crippen LogP contribution in [0.4, 0.5) is 0 Å². The number of aromatic nitrogens is 3. The number of hydrogen-bond acceptors (Lipinski definition) is 3. The lowest BCUT2D eigenvalue weighted by Crippen LogP contribution is -2.07. The third-order valence-corrected chi connectivity index (χ3v) is 4.86. The normalized spacial score (nSPS) is 13.0. The van der Waals surface area contributed by atoms with Crippen LogP contribution in [0, 0.1) is 6.92 Å². The van der Waals surface area contributed by atoms with Crippen LogP contribution < -0.4 is 0 Å². The average Bonchev–Trinajstić information content (AvgIpc) is 2.99. The number of aryl methyl sites for hydroxylation is 3. The molecule has 2 aromatic heterocycles. The summed E-state index contributed by atoms with van der Waals surface area (Å²) in [7, 11) is 0. The standard InChI is InChI=1S/C15H15BrClN3S/c1-9(17)15-19-13-7-11(16)3-4-14(13)20(15)6-5-12-8-21-10(2)18-12/h3-4,7-9H,5-6H2,1-2H3. The third-order valence-electron chi connectivity index (χ3n) is 3.35. The molecule has 2 heterocycles. The van der Waals surface area contributed by atoms with E-state index in [0.717, 1.165) is 45.0 Å². The largest absolute Gasteiger partial charge is 0.326 e. The fraction of sp³-hybridized carbons (Fsp3) is 0.333. The number of thiazole rings is 1. The first-order valence-corrected chi connectivity index (χ1v) is 8.86. The summed E-state index contributed by atoms with van der Waals surface area (Å²) in [5, 5.41) is 3.11. The molecule has 3 aromatic rings. The van der Waals surface area contributed by atoms with Gasteiger partial charge in [0.1, 0.15) is 5.82 Å². The summed E-state index contributed by atoms with van der Waals surface area (Å²) in [5.74, 6) is 0.914. The number of benzene rings is 1. The molecule has 1 aromatic carbocycles. The molecule has 0 amide bonds. The highest BCUT2D eigenvalue weighted by Crippen LogP contribution is 2.27. The highest BCUT2D eigenvalue weighted by atomic mass is 79.9. The maximum atomic E-state index is 6.30. The molecule has 3 nitrogen and oxygen atoms in total. The van der Waals surface area contributed by atoms with Crippen molar-refractivity contribution in [2.24, 2.45) is 0 Å². The Balaban J connectivity index is 1.97. The van der Waals surface area contributed by atoms with Crippen LogP contribution in [0.3, 0.4) is 0 Å². The molecule has 0 aliphatic carbocycles. The van der Waals surface area contributed by atoms with Crippen LogP contribution in [0.1, 0.15) is 28.8 Å². The highest BCUT2D eigenvalue weighted by molar-refractivity contribution is 9.10. The van der Waals surface area contributed by atoms with Gasteiger partial charge in [0.05, 0.1) is 27.1 Å². The van der Waals surface area contributed by atoms with E-state index in [-0.39, 0.29) is 5.38 Å². The minimum atomic E-state index is -0.117. The molecule has 21 heavy (non-hydrogen) atoms. The van der Waals surface area contributed by atoms with Gasteiger partial charge in [-0.2, -0.15) is 0 Å². The Morgan fingerprint density at radius 1 is 1.38 bits per heavy atom. The zero-order valence-corrected chi connectivity index (χ0v) is 15.0. The summed E-state index contributed by atoms with van der Waals surface area (Å²) in [6.45, 7) is 4.83. The van der Waals surface area contributed by atoms with Gasteiger partial charge in [0.25, 0.3) is 0 Å². The van der Waals surface area contributed by atoms with E-state index in [0.29, 0.717) is 0 Å². The molecule has 0 N–H and O–H groups in total. The molecule has 110 valence electrons. The monoisotopic (exact) mass is 383 g/mol. The van der Waals surface area contributed by atoms with E-state index in [2.05, 4.69) is 41.9 Å². The van der Waals surface area contributed by atoms with Gasteiger partial charge in [-0.15, -0.1) is 22.9 Å². The average molecular weight is 385 g/mol. The quantitative estimate of drug-likeness (QED) is 0.585. The van der Waals surface area contributed by atoms with Crippen molar-refractivity contribution in [3.05, 3.63) is 44.6 Å². The number of halogens is 2. The van der Waals surface area contributed by atoms with Crippen molar-refractivity contribution in [3.63, 3.8) is 0 Å². The van der Waals surface area contributed by atoms with Gasteiger partial charge >= 0.3 is 0 Å². The summed E-state index contributed by atoms with van der Waals surface area (Å²) >= 11 is 11.5. The Morgan fingerprint density at radius 3 is 2.86 bits per heavy atom. The van der Waals surface area contributed by atoms with Crippen LogP contribution in [-0.2, 0) is 13.0 Å². The van der Waals surface area contributed by atoms with Crippen molar-refractivity contribution in [1.82, 2.24) is 14.5 Å². The van der Waals surface area contributed by atoms with E-state index >= 15 is 0 Å². The van der Waals surface area contributed by atoms with E-state index in [4.69, 9.17) is 11.6 Å². The zero-order valence-electron chi connectivity index (χ0n) is 11.8. The second kappa shape index (κ2) is 6.07. The second-order valence-electron chi connectivity index (χ2n) is 4.98. The number of fused-ring (bicyclic) bond motifs is 1. The molecule has 0 aliphatic rings. The number of hydrogen-bond donors (Lipinski definition) is 0. The van der Waals surface area contributed by atoms with E-state index < -0.39 is 0 Å². The van der Waals surface area contributed by atoms with Gasteiger partial charge in [0.2, 0.25) is 0 Å². The Kier molecular flexibility index (Phi) is 4.33. The Labute approximate surface area is 141 Å². The lowest BCUT2D eigenvalue weighted by molar-refractivity contribution is 0.661. The number of rotatable bonds is 4. The maximum Gasteiger partial charge on any atom is 0.127 e. The van der Waals surface area contributed by atoms with Gasteiger partial charge in [-0.05, 0) is 32.0 Å². The molecule has 0 radical (unpaired) electrons. The summed E-state index contributed by atoms with van der Waals surface area (Å²) in [5.41, 5.74) is 3.22. The Hall–Kier alpha value is -0.910. The first-order chi connectivity index (χ1) is 10.0. The SMILES string of the molecule is Cc1nc(CCn2c(C(C)Cl)nc3cc(Br)ccc32)cs1. The minimum Gasteiger partial charge on any atom is -0.326 e. The van der Waals surface area contributed by atoms with Crippen LogP contribution in [0.2, 0.25) is 0 Å². The predicted octanol–water partition coefficient (Wildman–Crippen LogP) is 5.11. The molecule has 0 bridgehead atoms. The minimum absolute atomic E-state index is 0.117. The van der Waals surface area contributed by atoms with Crippen molar-refractivity contribution < 1.29 is 0 Å².